The topological polar surface area (TPSA) is 67.4 Å². The number of halogens is 1. The summed E-state index contributed by atoms with van der Waals surface area (Å²) in [5.74, 6) is 3.36. The van der Waals surface area contributed by atoms with Crippen molar-refractivity contribution in [2.75, 3.05) is 55.1 Å². The lowest BCUT2D eigenvalue weighted by Crippen LogP contribution is -2.43. The van der Waals surface area contributed by atoms with E-state index in [1.165, 1.54) is 19.4 Å². The molecule has 0 spiro atoms. The van der Waals surface area contributed by atoms with Crippen molar-refractivity contribution in [1.82, 2.24) is 15.5 Å². The summed E-state index contributed by atoms with van der Waals surface area (Å²) in [7, 11) is 8.82. The fourth-order valence-electron chi connectivity index (χ4n) is 3.32. The van der Waals surface area contributed by atoms with E-state index in [-0.39, 0.29) is 24.0 Å². The molecule has 27 heavy (non-hydrogen) atoms. The zero-order valence-electron chi connectivity index (χ0n) is 17.0. The van der Waals surface area contributed by atoms with Gasteiger partial charge in [-0.1, -0.05) is 0 Å². The minimum Gasteiger partial charge on any atom is -0.493 e. The Kier molecular flexibility index (Phi) is 10.6. The summed E-state index contributed by atoms with van der Waals surface area (Å²) in [6.45, 7) is 3.88. The quantitative estimate of drug-likeness (QED) is 0.346. The smallest absolute Gasteiger partial charge is 0.203 e. The summed E-state index contributed by atoms with van der Waals surface area (Å²) in [6.07, 6.45) is 2.53. The maximum absolute atomic E-state index is 5.41. The molecule has 1 saturated heterocycles. The lowest BCUT2D eigenvalue weighted by Gasteiger charge is -2.30. The second kappa shape index (κ2) is 12.1. The van der Waals surface area contributed by atoms with Gasteiger partial charge in [0.2, 0.25) is 5.75 Å². The number of hydrogen-bond donors (Lipinski definition) is 2. The molecule has 1 aliphatic heterocycles. The fraction of sp³-hybridized carbons (Fsp3) is 0.632. The monoisotopic (exact) mass is 492 g/mol. The van der Waals surface area contributed by atoms with Crippen LogP contribution in [0.3, 0.4) is 0 Å². The van der Waals surface area contributed by atoms with Crippen LogP contribution in [0.5, 0.6) is 17.2 Å². The van der Waals surface area contributed by atoms with Crippen LogP contribution < -0.4 is 24.8 Å². The van der Waals surface area contributed by atoms with E-state index in [9.17, 15) is 0 Å². The van der Waals surface area contributed by atoms with Crippen LogP contribution in [0.4, 0.5) is 0 Å². The third kappa shape index (κ3) is 6.91. The van der Waals surface area contributed by atoms with Gasteiger partial charge in [0, 0.05) is 26.7 Å². The molecule has 8 heteroatoms. The first-order valence-corrected chi connectivity index (χ1v) is 9.03. The summed E-state index contributed by atoms with van der Waals surface area (Å²) < 4.78 is 16.2. The zero-order chi connectivity index (χ0) is 18.9. The standard InChI is InChI=1S/C19H32N4O3.HI/c1-20-19(21-11-14-7-6-8-23(2)13-14)22-12-15-9-16(24-3)18(26-5)17(10-15)25-4;/h9-10,14H,6-8,11-13H2,1-5H3,(H2,20,21,22);1H. The molecule has 0 bridgehead atoms. The number of ether oxygens (including phenoxy) is 3. The van der Waals surface area contributed by atoms with Crippen LogP contribution >= 0.6 is 24.0 Å². The fourth-order valence-corrected chi connectivity index (χ4v) is 3.32. The highest BCUT2D eigenvalue weighted by Gasteiger charge is 2.17. The number of likely N-dealkylation sites (tertiary alicyclic amines) is 1. The maximum atomic E-state index is 5.41. The molecule has 2 N–H and O–H groups in total. The molecule has 0 aromatic heterocycles. The molecule has 1 aliphatic rings. The van der Waals surface area contributed by atoms with Crippen LogP contribution in [0, 0.1) is 5.92 Å². The van der Waals surface area contributed by atoms with Crippen molar-refractivity contribution >= 4 is 29.9 Å². The third-order valence-electron chi connectivity index (χ3n) is 4.69. The summed E-state index contributed by atoms with van der Waals surface area (Å²) in [4.78, 5) is 6.71. The van der Waals surface area contributed by atoms with Crippen LogP contribution in [0.15, 0.2) is 17.1 Å². The molecule has 2 rings (SSSR count). The molecule has 1 fully saturated rings. The van der Waals surface area contributed by atoms with Crippen molar-refractivity contribution in [3.8, 4) is 17.2 Å². The Bertz CT molecular complexity index is 588. The van der Waals surface area contributed by atoms with Gasteiger partial charge in [0.15, 0.2) is 17.5 Å². The predicted molar refractivity (Wildman–Crippen MR) is 120 cm³/mol. The van der Waals surface area contributed by atoms with E-state index in [4.69, 9.17) is 14.2 Å². The van der Waals surface area contributed by atoms with Gasteiger partial charge < -0.3 is 29.7 Å². The second-order valence-corrected chi connectivity index (χ2v) is 6.61. The van der Waals surface area contributed by atoms with E-state index in [1.807, 2.05) is 12.1 Å². The van der Waals surface area contributed by atoms with E-state index < -0.39 is 0 Å². The van der Waals surface area contributed by atoms with Crippen LogP contribution in [0.25, 0.3) is 0 Å². The predicted octanol–water partition coefficient (Wildman–Crippen LogP) is 2.34. The Morgan fingerprint density at radius 1 is 1.15 bits per heavy atom. The number of guanidine groups is 1. The molecular weight excluding hydrogens is 459 g/mol. The first-order valence-electron chi connectivity index (χ1n) is 9.03. The molecule has 1 heterocycles. The number of nitrogens with zero attached hydrogens (tertiary/aromatic N) is 2. The summed E-state index contributed by atoms with van der Waals surface area (Å²) >= 11 is 0. The number of aliphatic imine (C=N–C) groups is 1. The van der Waals surface area contributed by atoms with E-state index in [1.54, 1.807) is 28.4 Å². The van der Waals surface area contributed by atoms with E-state index in [0.717, 1.165) is 24.6 Å². The highest BCUT2D eigenvalue weighted by atomic mass is 127. The minimum atomic E-state index is 0. The summed E-state index contributed by atoms with van der Waals surface area (Å²) in [5.41, 5.74) is 1.03. The van der Waals surface area contributed by atoms with Crippen LogP contribution in [-0.4, -0.2) is 65.9 Å². The number of hydrogen-bond acceptors (Lipinski definition) is 5. The van der Waals surface area contributed by atoms with Gasteiger partial charge in [-0.15, -0.1) is 24.0 Å². The van der Waals surface area contributed by atoms with Gasteiger partial charge in [-0.25, -0.2) is 0 Å². The van der Waals surface area contributed by atoms with Crippen molar-refractivity contribution in [1.29, 1.82) is 0 Å². The maximum Gasteiger partial charge on any atom is 0.203 e. The SMILES string of the molecule is CN=C(NCc1cc(OC)c(OC)c(OC)c1)NCC1CCCN(C)C1.I. The van der Waals surface area contributed by atoms with Gasteiger partial charge in [-0.05, 0) is 50.0 Å². The van der Waals surface area contributed by atoms with Crippen molar-refractivity contribution < 1.29 is 14.2 Å². The second-order valence-electron chi connectivity index (χ2n) is 6.61. The van der Waals surface area contributed by atoms with Crippen LogP contribution in [-0.2, 0) is 6.54 Å². The average molecular weight is 492 g/mol. The summed E-state index contributed by atoms with van der Waals surface area (Å²) in [6, 6.07) is 3.88. The van der Waals surface area contributed by atoms with Gasteiger partial charge >= 0.3 is 0 Å². The molecule has 0 amide bonds. The molecule has 1 aromatic carbocycles. The number of piperidine rings is 1. The first kappa shape index (κ1) is 23.6. The van der Waals surface area contributed by atoms with Gasteiger partial charge in [-0.2, -0.15) is 0 Å². The Balaban J connectivity index is 0.00000364. The lowest BCUT2D eigenvalue weighted by molar-refractivity contribution is 0.210. The van der Waals surface area contributed by atoms with Crippen molar-refractivity contribution in [2.24, 2.45) is 10.9 Å². The molecule has 1 aromatic rings. The Hall–Kier alpha value is -1.42. The van der Waals surface area contributed by atoms with E-state index >= 15 is 0 Å². The minimum absolute atomic E-state index is 0. The Morgan fingerprint density at radius 2 is 1.81 bits per heavy atom. The molecule has 1 unspecified atom stereocenters. The van der Waals surface area contributed by atoms with Crippen LogP contribution in [0.1, 0.15) is 18.4 Å². The molecule has 7 nitrogen and oxygen atoms in total. The van der Waals surface area contributed by atoms with Gasteiger partial charge in [0.05, 0.1) is 21.3 Å². The Labute approximate surface area is 179 Å². The lowest BCUT2D eigenvalue weighted by atomic mass is 9.99. The van der Waals surface area contributed by atoms with Crippen molar-refractivity contribution in [3.63, 3.8) is 0 Å². The van der Waals surface area contributed by atoms with E-state index in [2.05, 4.69) is 27.6 Å². The third-order valence-corrected chi connectivity index (χ3v) is 4.69. The summed E-state index contributed by atoms with van der Waals surface area (Å²) in [5, 5.41) is 6.78. The number of rotatable bonds is 7. The largest absolute Gasteiger partial charge is 0.493 e. The normalized spacial score (nSPS) is 17.7. The molecule has 0 saturated carbocycles. The van der Waals surface area contributed by atoms with Crippen LogP contribution in [0.2, 0.25) is 0 Å². The number of nitrogens with one attached hydrogen (secondary N) is 2. The van der Waals surface area contributed by atoms with Gasteiger partial charge in [0.25, 0.3) is 0 Å². The van der Waals surface area contributed by atoms with Crippen molar-refractivity contribution in [2.45, 2.75) is 19.4 Å². The zero-order valence-corrected chi connectivity index (χ0v) is 19.3. The number of benzene rings is 1. The molecule has 0 radical (unpaired) electrons. The average Bonchev–Trinajstić information content (AvgIpc) is 2.67. The van der Waals surface area contributed by atoms with Gasteiger partial charge in [0.1, 0.15) is 0 Å². The highest BCUT2D eigenvalue weighted by molar-refractivity contribution is 14.0. The van der Waals surface area contributed by atoms with Crippen molar-refractivity contribution in [3.05, 3.63) is 17.7 Å². The van der Waals surface area contributed by atoms with Gasteiger partial charge in [-0.3, -0.25) is 4.99 Å². The highest BCUT2D eigenvalue weighted by Crippen LogP contribution is 2.38. The molecular formula is C19H33IN4O3. The van der Waals surface area contributed by atoms with E-state index in [0.29, 0.717) is 29.7 Å². The molecule has 1 atom stereocenters. The molecule has 154 valence electrons. The first-order chi connectivity index (χ1) is 12.6. The molecule has 0 aliphatic carbocycles. The Morgan fingerprint density at radius 3 is 2.33 bits per heavy atom. The number of methoxy groups -OCH3 is 3.